The smallest absolute Gasteiger partial charge is 0.244 e. The minimum absolute atomic E-state index is 0.104. The number of aryl methyl sites for hydroxylation is 1. The molecule has 0 bridgehead atoms. The third-order valence-corrected chi connectivity index (χ3v) is 6.70. The Balaban J connectivity index is 1.72. The van der Waals surface area contributed by atoms with Gasteiger partial charge in [-0.15, -0.1) is 0 Å². The van der Waals surface area contributed by atoms with Crippen molar-refractivity contribution in [2.75, 3.05) is 37.3 Å². The molecule has 138 valence electrons. The molecule has 2 atom stereocenters. The third-order valence-electron chi connectivity index (χ3n) is 5.31. The van der Waals surface area contributed by atoms with Crippen molar-refractivity contribution in [2.24, 2.45) is 0 Å². The number of fused-ring (bicyclic) bond motifs is 1. The number of nitrogens with zero attached hydrogens (tertiary/aromatic N) is 3. The summed E-state index contributed by atoms with van der Waals surface area (Å²) in [5, 5.41) is 0. The highest BCUT2D eigenvalue weighted by molar-refractivity contribution is 7.88. The van der Waals surface area contributed by atoms with Crippen molar-refractivity contribution in [3.63, 3.8) is 0 Å². The van der Waals surface area contributed by atoms with Crippen molar-refractivity contribution < 1.29 is 13.2 Å². The summed E-state index contributed by atoms with van der Waals surface area (Å²) in [6.45, 7) is 6.19. The Bertz CT molecular complexity index is 750. The maximum atomic E-state index is 13.1. The largest absolute Gasteiger partial charge is 0.311 e. The molecule has 1 fully saturated rings. The maximum Gasteiger partial charge on any atom is 0.244 e. The number of para-hydroxylation sites is 1. The van der Waals surface area contributed by atoms with E-state index in [1.807, 2.05) is 36.9 Å². The Morgan fingerprint density at radius 2 is 1.92 bits per heavy atom. The summed E-state index contributed by atoms with van der Waals surface area (Å²) in [7, 11) is -3.19. The first kappa shape index (κ1) is 18.4. The molecule has 6 nitrogen and oxygen atoms in total. The molecule has 25 heavy (non-hydrogen) atoms. The van der Waals surface area contributed by atoms with Crippen LogP contribution in [0.25, 0.3) is 0 Å². The quantitative estimate of drug-likeness (QED) is 0.811. The fourth-order valence-corrected chi connectivity index (χ4v) is 5.09. The molecule has 0 spiro atoms. The van der Waals surface area contributed by atoms with Crippen molar-refractivity contribution in [3.05, 3.63) is 29.8 Å². The average molecular weight is 365 g/mol. The minimum atomic E-state index is -3.19. The molecule has 2 aliphatic heterocycles. The van der Waals surface area contributed by atoms with Gasteiger partial charge in [-0.1, -0.05) is 18.2 Å². The number of sulfonamides is 1. The van der Waals surface area contributed by atoms with Crippen LogP contribution in [-0.4, -0.2) is 68.0 Å². The van der Waals surface area contributed by atoms with E-state index < -0.39 is 10.0 Å². The second kappa shape index (κ2) is 7.05. The highest BCUT2D eigenvalue weighted by Gasteiger charge is 2.35. The second-order valence-corrected chi connectivity index (χ2v) is 9.05. The third kappa shape index (κ3) is 3.73. The van der Waals surface area contributed by atoms with Gasteiger partial charge in [-0.05, 0) is 38.3 Å². The van der Waals surface area contributed by atoms with Gasteiger partial charge in [-0.25, -0.2) is 8.42 Å². The molecule has 1 aromatic carbocycles. The molecule has 2 heterocycles. The summed E-state index contributed by atoms with van der Waals surface area (Å²) in [5.74, 6) is 0.104. The normalized spacial score (nSPS) is 24.0. The SMILES string of the molecule is CC(C(=O)N1CCCc2ccccc21)N1CCN(S(C)(=O)=O)[C@@H](C)C1. The molecule has 0 aliphatic carbocycles. The van der Waals surface area contributed by atoms with Crippen LogP contribution in [0.3, 0.4) is 0 Å². The summed E-state index contributed by atoms with van der Waals surface area (Å²) in [5.41, 5.74) is 2.25. The van der Waals surface area contributed by atoms with E-state index in [2.05, 4.69) is 11.0 Å². The van der Waals surface area contributed by atoms with Crippen LogP contribution in [0, 0.1) is 0 Å². The molecule has 3 rings (SSSR count). The number of hydrogen-bond donors (Lipinski definition) is 0. The van der Waals surface area contributed by atoms with Crippen LogP contribution < -0.4 is 4.90 Å². The van der Waals surface area contributed by atoms with E-state index in [1.165, 1.54) is 16.1 Å². The number of carbonyl (C=O) groups is 1. The highest BCUT2D eigenvalue weighted by atomic mass is 32.2. The topological polar surface area (TPSA) is 60.9 Å². The predicted octanol–water partition coefficient (Wildman–Crippen LogP) is 1.32. The molecule has 1 amide bonds. The lowest BCUT2D eigenvalue weighted by Crippen LogP contribution is -2.59. The highest BCUT2D eigenvalue weighted by Crippen LogP contribution is 2.28. The summed E-state index contributed by atoms with van der Waals surface area (Å²) in [6, 6.07) is 7.73. The van der Waals surface area contributed by atoms with E-state index in [0.717, 1.165) is 25.1 Å². The van der Waals surface area contributed by atoms with E-state index in [9.17, 15) is 13.2 Å². The van der Waals surface area contributed by atoms with Gasteiger partial charge in [-0.3, -0.25) is 9.69 Å². The maximum absolute atomic E-state index is 13.1. The molecule has 0 saturated carbocycles. The lowest BCUT2D eigenvalue weighted by Gasteiger charge is -2.42. The molecule has 0 aromatic heterocycles. The van der Waals surface area contributed by atoms with Crippen molar-refractivity contribution >= 4 is 21.6 Å². The number of rotatable bonds is 3. The zero-order valence-corrected chi connectivity index (χ0v) is 16.0. The van der Waals surface area contributed by atoms with Crippen molar-refractivity contribution in [1.29, 1.82) is 0 Å². The lowest BCUT2D eigenvalue weighted by molar-refractivity contribution is -0.124. The summed E-state index contributed by atoms with van der Waals surface area (Å²) in [4.78, 5) is 17.1. The number of anilines is 1. The Hall–Kier alpha value is -1.44. The summed E-state index contributed by atoms with van der Waals surface area (Å²) >= 11 is 0. The van der Waals surface area contributed by atoms with E-state index in [-0.39, 0.29) is 18.0 Å². The van der Waals surface area contributed by atoms with Crippen LogP contribution in [0.1, 0.15) is 25.8 Å². The Morgan fingerprint density at radius 1 is 1.20 bits per heavy atom. The van der Waals surface area contributed by atoms with Crippen molar-refractivity contribution in [3.8, 4) is 0 Å². The predicted molar refractivity (Wildman–Crippen MR) is 99.2 cm³/mol. The van der Waals surface area contributed by atoms with Crippen LogP contribution in [0.4, 0.5) is 5.69 Å². The van der Waals surface area contributed by atoms with Gasteiger partial charge >= 0.3 is 0 Å². The first-order chi connectivity index (χ1) is 11.8. The lowest BCUT2D eigenvalue weighted by atomic mass is 10.0. The standard InChI is InChI=1S/C18H27N3O3S/c1-14-13-19(11-12-21(14)25(3,23)24)15(2)18(22)20-10-6-8-16-7-4-5-9-17(16)20/h4-5,7,9,14-15H,6,8,10-13H2,1-3H3/t14-,15?/m0/s1. The van der Waals surface area contributed by atoms with Gasteiger partial charge in [0.2, 0.25) is 15.9 Å². The first-order valence-electron chi connectivity index (χ1n) is 8.89. The van der Waals surface area contributed by atoms with Gasteiger partial charge in [0.1, 0.15) is 0 Å². The Kier molecular flexibility index (Phi) is 5.18. The van der Waals surface area contributed by atoms with Gasteiger partial charge in [0, 0.05) is 37.9 Å². The first-order valence-corrected chi connectivity index (χ1v) is 10.7. The molecule has 1 unspecified atom stereocenters. The molecule has 0 N–H and O–H groups in total. The van der Waals surface area contributed by atoms with Gasteiger partial charge < -0.3 is 4.90 Å². The number of piperazine rings is 1. The van der Waals surface area contributed by atoms with Crippen LogP contribution in [-0.2, 0) is 21.2 Å². The second-order valence-electron chi connectivity index (χ2n) is 7.12. The van der Waals surface area contributed by atoms with Crippen LogP contribution in [0.5, 0.6) is 0 Å². The van der Waals surface area contributed by atoms with Crippen LogP contribution in [0.15, 0.2) is 24.3 Å². The molecule has 1 saturated heterocycles. The van der Waals surface area contributed by atoms with E-state index in [1.54, 1.807) is 0 Å². The summed E-state index contributed by atoms with van der Waals surface area (Å²) in [6.07, 6.45) is 3.24. The van der Waals surface area contributed by atoms with Gasteiger partial charge in [0.05, 0.1) is 12.3 Å². The summed E-state index contributed by atoms with van der Waals surface area (Å²) < 4.78 is 25.2. The zero-order valence-electron chi connectivity index (χ0n) is 15.2. The van der Waals surface area contributed by atoms with Gasteiger partial charge in [-0.2, -0.15) is 4.31 Å². The fraction of sp³-hybridized carbons (Fsp3) is 0.611. The molecule has 0 radical (unpaired) electrons. The minimum Gasteiger partial charge on any atom is -0.311 e. The van der Waals surface area contributed by atoms with E-state index in [0.29, 0.717) is 19.6 Å². The Labute approximate surface area is 150 Å². The van der Waals surface area contributed by atoms with E-state index >= 15 is 0 Å². The van der Waals surface area contributed by atoms with Gasteiger partial charge in [0.25, 0.3) is 0 Å². The van der Waals surface area contributed by atoms with Crippen LogP contribution in [0.2, 0.25) is 0 Å². The Morgan fingerprint density at radius 3 is 2.60 bits per heavy atom. The monoisotopic (exact) mass is 365 g/mol. The zero-order chi connectivity index (χ0) is 18.2. The molecular formula is C18H27N3O3S. The molecular weight excluding hydrogens is 338 g/mol. The molecule has 7 heteroatoms. The van der Waals surface area contributed by atoms with Crippen LogP contribution >= 0.6 is 0 Å². The number of carbonyl (C=O) groups excluding carboxylic acids is 1. The average Bonchev–Trinajstić information content (AvgIpc) is 2.58. The number of hydrogen-bond acceptors (Lipinski definition) is 4. The number of benzene rings is 1. The fourth-order valence-electron chi connectivity index (χ4n) is 3.96. The molecule has 1 aromatic rings. The van der Waals surface area contributed by atoms with Crippen molar-refractivity contribution in [2.45, 2.75) is 38.8 Å². The number of amides is 1. The molecule has 2 aliphatic rings. The van der Waals surface area contributed by atoms with Gasteiger partial charge in [0.15, 0.2) is 0 Å². The van der Waals surface area contributed by atoms with Crippen molar-refractivity contribution in [1.82, 2.24) is 9.21 Å². The van der Waals surface area contributed by atoms with E-state index in [4.69, 9.17) is 0 Å².